The third-order valence-electron chi connectivity index (χ3n) is 5.50. The van der Waals surface area contributed by atoms with E-state index in [1.54, 1.807) is 16.9 Å². The third-order valence-corrected chi connectivity index (χ3v) is 5.79. The molecule has 0 saturated carbocycles. The van der Waals surface area contributed by atoms with Crippen molar-refractivity contribution in [1.29, 1.82) is 0 Å². The molecule has 0 saturated heterocycles. The minimum atomic E-state index is -0.778. The van der Waals surface area contributed by atoms with Gasteiger partial charge in [0.05, 0.1) is 23.2 Å². The van der Waals surface area contributed by atoms with Gasteiger partial charge >= 0.3 is 6.01 Å². The van der Waals surface area contributed by atoms with Crippen molar-refractivity contribution < 1.29 is 13.2 Å². The van der Waals surface area contributed by atoms with Crippen LogP contribution in [-0.2, 0) is 6.42 Å². The number of hydrogen-bond acceptors (Lipinski definition) is 6. The van der Waals surface area contributed by atoms with Gasteiger partial charge < -0.3 is 14.3 Å². The second-order valence-corrected chi connectivity index (χ2v) is 7.74. The Morgan fingerprint density at radius 3 is 2.72 bits per heavy atom. The Kier molecular flexibility index (Phi) is 4.22. The summed E-state index contributed by atoms with van der Waals surface area (Å²) in [4.78, 5) is 9.47. The van der Waals surface area contributed by atoms with E-state index in [4.69, 9.17) is 16.0 Å². The van der Waals surface area contributed by atoms with Gasteiger partial charge in [-0.25, -0.2) is 18.3 Å². The topological polar surface area (TPSA) is 88.1 Å². The van der Waals surface area contributed by atoms with Crippen LogP contribution in [0.1, 0.15) is 23.1 Å². The lowest BCUT2D eigenvalue weighted by Crippen LogP contribution is -2.36. The molecule has 1 aromatic carbocycles. The highest BCUT2D eigenvalue weighted by molar-refractivity contribution is 6.29. The molecule has 32 heavy (non-hydrogen) atoms. The fraction of sp³-hybridized carbons (Fsp3) is 0.143. The van der Waals surface area contributed by atoms with Crippen LogP contribution in [0.2, 0.25) is 5.15 Å². The van der Waals surface area contributed by atoms with E-state index in [1.165, 1.54) is 6.07 Å². The molecular formula is C21H14ClF2N7O. The van der Waals surface area contributed by atoms with Crippen molar-refractivity contribution in [3.8, 4) is 11.5 Å². The molecule has 0 bridgehead atoms. The Balaban J connectivity index is 1.47. The molecule has 11 heteroatoms. The van der Waals surface area contributed by atoms with E-state index in [9.17, 15) is 8.78 Å². The van der Waals surface area contributed by atoms with Gasteiger partial charge in [0.1, 0.15) is 28.4 Å². The Morgan fingerprint density at radius 1 is 1.09 bits per heavy atom. The molecule has 5 aromatic rings. The summed E-state index contributed by atoms with van der Waals surface area (Å²) >= 11 is 6.30. The van der Waals surface area contributed by atoms with E-state index in [2.05, 4.69) is 25.3 Å². The van der Waals surface area contributed by atoms with Crippen LogP contribution in [0.3, 0.4) is 0 Å². The van der Waals surface area contributed by atoms with Gasteiger partial charge in [-0.3, -0.25) is 0 Å². The Labute approximate surface area is 184 Å². The highest BCUT2D eigenvalue weighted by Crippen LogP contribution is 2.37. The molecule has 5 heterocycles. The third kappa shape index (κ3) is 2.87. The molecular weight excluding hydrogens is 440 g/mol. The van der Waals surface area contributed by atoms with Crippen LogP contribution < -0.4 is 4.90 Å². The van der Waals surface area contributed by atoms with Crippen molar-refractivity contribution in [3.05, 3.63) is 82.7 Å². The van der Waals surface area contributed by atoms with Crippen molar-refractivity contribution in [2.45, 2.75) is 12.5 Å². The number of fused-ring (bicyclic) bond motifs is 2. The minimum Gasteiger partial charge on any atom is -0.403 e. The first-order valence-electron chi connectivity index (χ1n) is 9.81. The lowest BCUT2D eigenvalue weighted by atomic mass is 10.0. The monoisotopic (exact) mass is 453 g/mol. The number of rotatable bonds is 3. The largest absolute Gasteiger partial charge is 0.403 e. The summed E-state index contributed by atoms with van der Waals surface area (Å²) in [5.41, 5.74) is 2.85. The van der Waals surface area contributed by atoms with Gasteiger partial charge in [0, 0.05) is 18.7 Å². The molecule has 0 spiro atoms. The molecule has 1 aliphatic heterocycles. The quantitative estimate of drug-likeness (QED) is 0.412. The average Bonchev–Trinajstić information content (AvgIpc) is 3.52. The first-order chi connectivity index (χ1) is 15.6. The summed E-state index contributed by atoms with van der Waals surface area (Å²) in [6.45, 7) is 0.503. The molecule has 8 nitrogen and oxygen atoms in total. The summed E-state index contributed by atoms with van der Waals surface area (Å²) in [7, 11) is 0. The second kappa shape index (κ2) is 7.13. The summed E-state index contributed by atoms with van der Waals surface area (Å²) in [5.74, 6) is -1.79. The van der Waals surface area contributed by atoms with E-state index in [0.717, 1.165) is 29.0 Å². The smallest absolute Gasteiger partial charge is 0.319 e. The number of aromatic nitrogens is 6. The average molecular weight is 454 g/mol. The Bertz CT molecular complexity index is 1440. The zero-order valence-electron chi connectivity index (χ0n) is 16.3. The van der Waals surface area contributed by atoms with Crippen LogP contribution >= 0.6 is 11.6 Å². The van der Waals surface area contributed by atoms with E-state index in [0.29, 0.717) is 23.8 Å². The predicted molar refractivity (Wildman–Crippen MR) is 111 cm³/mol. The highest BCUT2D eigenvalue weighted by Gasteiger charge is 2.36. The fourth-order valence-corrected chi connectivity index (χ4v) is 4.26. The van der Waals surface area contributed by atoms with Crippen LogP contribution in [0.25, 0.3) is 17.0 Å². The summed E-state index contributed by atoms with van der Waals surface area (Å²) in [5, 5.41) is 13.1. The second-order valence-electron chi connectivity index (χ2n) is 7.35. The number of imidazole rings is 1. The molecule has 4 aromatic heterocycles. The van der Waals surface area contributed by atoms with Gasteiger partial charge in [-0.05, 0) is 30.3 Å². The Morgan fingerprint density at radius 2 is 1.91 bits per heavy atom. The van der Waals surface area contributed by atoms with Crippen molar-refractivity contribution in [1.82, 2.24) is 29.8 Å². The van der Waals surface area contributed by atoms with Crippen LogP contribution in [-0.4, -0.2) is 36.3 Å². The van der Waals surface area contributed by atoms with E-state index in [1.807, 2.05) is 23.1 Å². The van der Waals surface area contributed by atoms with Gasteiger partial charge in [0.15, 0.2) is 0 Å². The number of H-pyrrole nitrogens is 1. The molecule has 0 aliphatic carbocycles. The van der Waals surface area contributed by atoms with E-state index >= 15 is 0 Å². The number of nitrogens with zero attached hydrogens (tertiary/aromatic N) is 6. The maximum absolute atomic E-state index is 14.2. The number of aromatic amines is 1. The normalized spacial score (nSPS) is 16.0. The SMILES string of the molecule is Fc1cccc(F)c1-c1nnc(N2CCc3[nH]cnc3[C@H]2c2cc3cccc(Cl)n3n2)o1. The number of anilines is 1. The van der Waals surface area contributed by atoms with Crippen LogP contribution in [0.15, 0.2) is 53.2 Å². The van der Waals surface area contributed by atoms with Crippen molar-refractivity contribution >= 4 is 23.1 Å². The predicted octanol–water partition coefficient (Wildman–Crippen LogP) is 4.19. The van der Waals surface area contributed by atoms with Crippen LogP contribution in [0, 0.1) is 11.6 Å². The van der Waals surface area contributed by atoms with Crippen LogP contribution in [0.5, 0.6) is 0 Å². The zero-order chi connectivity index (χ0) is 21.8. The standard InChI is InChI=1S/C21H14ClF2N7O/c22-16-6-1-3-11-9-15(29-31(11)16)19-18-14(25-10-26-18)7-8-30(19)21-28-27-20(32-21)17-12(23)4-2-5-13(17)24/h1-6,9-10,19H,7-8H2,(H,25,26)/t19-/m1/s1. The zero-order valence-corrected chi connectivity index (χ0v) is 17.1. The molecule has 0 fully saturated rings. The van der Waals surface area contributed by atoms with Gasteiger partial charge in [0.25, 0.3) is 5.89 Å². The lowest BCUT2D eigenvalue weighted by molar-refractivity contribution is 0.496. The molecule has 1 aliphatic rings. The van der Waals surface area contributed by atoms with Crippen LogP contribution in [0.4, 0.5) is 14.8 Å². The first-order valence-corrected chi connectivity index (χ1v) is 10.2. The van der Waals surface area contributed by atoms with Crippen molar-refractivity contribution in [3.63, 3.8) is 0 Å². The first kappa shape index (κ1) is 18.9. The summed E-state index contributed by atoms with van der Waals surface area (Å²) in [6, 6.07) is 10.6. The van der Waals surface area contributed by atoms with E-state index < -0.39 is 17.7 Å². The number of halogens is 3. The molecule has 6 rings (SSSR count). The van der Waals surface area contributed by atoms with Crippen molar-refractivity contribution in [2.75, 3.05) is 11.4 Å². The molecule has 1 atom stereocenters. The number of nitrogens with one attached hydrogen (secondary N) is 1. The minimum absolute atomic E-state index is 0.115. The summed E-state index contributed by atoms with van der Waals surface area (Å²) < 4.78 is 35.8. The molecule has 0 radical (unpaired) electrons. The molecule has 0 unspecified atom stereocenters. The van der Waals surface area contributed by atoms with Crippen molar-refractivity contribution in [2.24, 2.45) is 0 Å². The fourth-order valence-electron chi connectivity index (χ4n) is 4.05. The maximum Gasteiger partial charge on any atom is 0.319 e. The molecule has 0 amide bonds. The summed E-state index contributed by atoms with van der Waals surface area (Å²) in [6.07, 6.45) is 2.27. The molecule has 160 valence electrons. The number of benzene rings is 1. The number of pyridine rings is 1. The molecule has 1 N–H and O–H groups in total. The van der Waals surface area contributed by atoms with Gasteiger partial charge in [-0.1, -0.05) is 28.8 Å². The Hall–Kier alpha value is -3.79. The van der Waals surface area contributed by atoms with Gasteiger partial charge in [0.2, 0.25) is 0 Å². The number of hydrogen-bond donors (Lipinski definition) is 1. The van der Waals surface area contributed by atoms with E-state index in [-0.39, 0.29) is 17.5 Å². The van der Waals surface area contributed by atoms with Gasteiger partial charge in [-0.2, -0.15) is 5.10 Å². The highest BCUT2D eigenvalue weighted by atomic mass is 35.5. The van der Waals surface area contributed by atoms with Gasteiger partial charge in [-0.15, -0.1) is 5.10 Å². The lowest BCUT2D eigenvalue weighted by Gasteiger charge is -2.32. The maximum atomic E-state index is 14.2.